The number of fused-ring (bicyclic) bond motifs is 5. The van der Waals surface area contributed by atoms with E-state index in [9.17, 15) is 14.0 Å². The highest BCUT2D eigenvalue weighted by atomic mass is 19.1. The molecule has 1 fully saturated rings. The lowest BCUT2D eigenvalue weighted by atomic mass is 9.60. The Morgan fingerprint density at radius 1 is 1.06 bits per heavy atom. The number of ketones is 2. The van der Waals surface area contributed by atoms with E-state index < -0.39 is 5.60 Å². The Bertz CT molecular complexity index is 1460. The molecule has 0 bridgehead atoms. The van der Waals surface area contributed by atoms with E-state index in [1.165, 1.54) is 17.7 Å². The van der Waals surface area contributed by atoms with Crippen molar-refractivity contribution in [3.8, 4) is 5.69 Å². The summed E-state index contributed by atoms with van der Waals surface area (Å²) in [7, 11) is 0. The van der Waals surface area contributed by atoms with Crippen LogP contribution in [0.2, 0.25) is 0 Å². The average Bonchev–Trinajstić information content (AvgIpc) is 3.36. The minimum Gasteiger partial charge on any atom is -0.351 e. The van der Waals surface area contributed by atoms with Gasteiger partial charge in [0.05, 0.1) is 23.7 Å². The van der Waals surface area contributed by atoms with Gasteiger partial charge in [0, 0.05) is 23.0 Å². The monoisotopic (exact) mass is 466 g/mol. The molecule has 3 aromatic rings. The Hall–Kier alpha value is -3.64. The molecule has 6 heteroatoms. The molecule has 4 aliphatic rings. The molecule has 2 heterocycles. The van der Waals surface area contributed by atoms with Gasteiger partial charge in [-0.15, -0.1) is 0 Å². The maximum Gasteiger partial charge on any atom is 0.203 e. The Morgan fingerprint density at radius 2 is 1.77 bits per heavy atom. The van der Waals surface area contributed by atoms with Crippen molar-refractivity contribution in [2.45, 2.75) is 44.3 Å². The molecule has 5 nitrogen and oxygen atoms in total. The number of hydrogen-bond acceptors (Lipinski definition) is 4. The van der Waals surface area contributed by atoms with Gasteiger partial charge >= 0.3 is 0 Å². The van der Waals surface area contributed by atoms with Crippen molar-refractivity contribution in [2.24, 2.45) is 5.41 Å². The molecule has 1 aliphatic heterocycles. The smallest absolute Gasteiger partial charge is 0.203 e. The van der Waals surface area contributed by atoms with E-state index in [2.05, 4.69) is 24.2 Å². The quantitative estimate of drug-likeness (QED) is 0.361. The van der Waals surface area contributed by atoms with Crippen LogP contribution in [0.5, 0.6) is 0 Å². The minimum atomic E-state index is -1.43. The number of nitrogens with zero attached hydrogens (tertiary/aromatic N) is 2. The van der Waals surface area contributed by atoms with Crippen LogP contribution in [0.3, 0.4) is 0 Å². The Kier molecular flexibility index (Phi) is 4.11. The van der Waals surface area contributed by atoms with Gasteiger partial charge in [-0.3, -0.25) is 9.59 Å². The van der Waals surface area contributed by atoms with E-state index >= 15 is 0 Å². The molecular weight excluding hydrogens is 443 g/mol. The highest BCUT2D eigenvalue weighted by molar-refractivity contribution is 6.32. The maximum atomic E-state index is 13.4. The highest BCUT2D eigenvalue weighted by Gasteiger charge is 2.58. The fourth-order valence-electron chi connectivity index (χ4n) is 6.46. The van der Waals surface area contributed by atoms with Gasteiger partial charge in [-0.2, -0.15) is 5.10 Å². The van der Waals surface area contributed by atoms with Crippen molar-refractivity contribution >= 4 is 17.6 Å². The van der Waals surface area contributed by atoms with E-state index in [0.717, 1.165) is 35.4 Å². The van der Waals surface area contributed by atoms with E-state index in [-0.39, 0.29) is 35.3 Å². The van der Waals surface area contributed by atoms with Crippen LogP contribution in [0.4, 0.5) is 4.39 Å². The number of hydrogen-bond donors (Lipinski definition) is 0. The van der Waals surface area contributed by atoms with Crippen molar-refractivity contribution in [2.75, 3.05) is 0 Å². The van der Waals surface area contributed by atoms with E-state index in [4.69, 9.17) is 4.74 Å². The number of Topliss-reactive ketones (excluding diaryl/α,β-unsaturated/α-hetero) is 2. The van der Waals surface area contributed by atoms with E-state index in [1.807, 2.05) is 10.9 Å². The van der Waals surface area contributed by atoms with E-state index in [0.29, 0.717) is 17.5 Å². The molecule has 0 N–H and O–H groups in total. The molecule has 35 heavy (non-hydrogen) atoms. The minimum absolute atomic E-state index is 0.216. The van der Waals surface area contributed by atoms with E-state index in [1.54, 1.807) is 36.4 Å². The molecule has 7 rings (SSSR count). The van der Waals surface area contributed by atoms with Crippen molar-refractivity contribution in [3.63, 3.8) is 0 Å². The SMILES string of the molecule is C[C@]12Cc3cnn(-c4ccc(F)cc4)c3C=C1CC[C@@H]1OC3(CC=C12)C(=O)c1ccccc1C3=O. The Balaban J connectivity index is 1.26. The second-order valence-corrected chi connectivity index (χ2v) is 10.2. The Labute approximate surface area is 201 Å². The highest BCUT2D eigenvalue weighted by Crippen LogP contribution is 2.55. The first-order valence-corrected chi connectivity index (χ1v) is 12.0. The summed E-state index contributed by atoms with van der Waals surface area (Å²) in [5.74, 6) is -0.707. The summed E-state index contributed by atoms with van der Waals surface area (Å²) in [4.78, 5) is 26.6. The molecule has 1 spiro atoms. The van der Waals surface area contributed by atoms with Gasteiger partial charge in [-0.1, -0.05) is 42.8 Å². The molecule has 1 saturated carbocycles. The molecule has 2 atom stereocenters. The van der Waals surface area contributed by atoms with Gasteiger partial charge in [0.1, 0.15) is 5.82 Å². The fraction of sp³-hybridized carbons (Fsp3) is 0.276. The first-order chi connectivity index (χ1) is 16.9. The zero-order chi connectivity index (χ0) is 23.9. The number of rotatable bonds is 1. The predicted molar refractivity (Wildman–Crippen MR) is 128 cm³/mol. The van der Waals surface area contributed by atoms with Crippen LogP contribution in [0.25, 0.3) is 11.8 Å². The summed E-state index contributed by atoms with van der Waals surface area (Å²) in [6.45, 7) is 2.23. The Morgan fingerprint density at radius 3 is 2.49 bits per heavy atom. The molecule has 174 valence electrons. The standard InChI is InChI=1S/C29H23FN2O3/c1-28-15-17-16-31-32(20-9-7-19(30)8-10-20)24(17)14-18(28)6-11-25-23(28)12-13-29(35-25)26(33)21-4-2-3-5-22(21)27(29)34/h2-5,7-10,12,14,16,25H,6,11,13,15H2,1H3/t25-,28-/m0/s1. The number of aromatic nitrogens is 2. The van der Waals surface area contributed by atoms with Crippen LogP contribution in [-0.4, -0.2) is 33.1 Å². The lowest BCUT2D eigenvalue weighted by molar-refractivity contribution is -0.0558. The summed E-state index contributed by atoms with van der Waals surface area (Å²) in [6, 6.07) is 13.4. The van der Waals surface area contributed by atoms with Crippen LogP contribution in [0.1, 0.15) is 58.2 Å². The second-order valence-electron chi connectivity index (χ2n) is 10.2. The van der Waals surface area contributed by atoms with Crippen LogP contribution in [0.15, 0.2) is 72.0 Å². The van der Waals surface area contributed by atoms with Crippen LogP contribution < -0.4 is 0 Å². The third-order valence-corrected chi connectivity index (χ3v) is 8.28. The van der Waals surface area contributed by atoms with Crippen LogP contribution >= 0.6 is 0 Å². The molecule has 2 aromatic carbocycles. The fourth-order valence-corrected chi connectivity index (χ4v) is 6.46. The van der Waals surface area contributed by atoms with Gasteiger partial charge in [0.15, 0.2) is 5.60 Å². The second kappa shape index (κ2) is 6.95. The van der Waals surface area contributed by atoms with Gasteiger partial charge in [-0.05, 0) is 60.7 Å². The maximum absolute atomic E-state index is 13.4. The number of carbonyl (C=O) groups excluding carboxylic acids is 2. The molecule has 0 amide bonds. The van der Waals surface area contributed by atoms with Crippen molar-refractivity contribution < 1.29 is 18.7 Å². The van der Waals surface area contributed by atoms with Crippen LogP contribution in [-0.2, 0) is 11.2 Å². The number of benzene rings is 2. The van der Waals surface area contributed by atoms with Gasteiger partial charge in [-0.25, -0.2) is 9.07 Å². The van der Waals surface area contributed by atoms with Crippen LogP contribution in [0, 0.1) is 11.2 Å². The summed E-state index contributed by atoms with van der Waals surface area (Å²) in [6.07, 6.45) is 8.45. The largest absolute Gasteiger partial charge is 0.351 e. The van der Waals surface area contributed by atoms with Gasteiger partial charge in [0.2, 0.25) is 11.6 Å². The number of allylic oxidation sites excluding steroid dienone is 1. The first kappa shape index (κ1) is 20.7. The van der Waals surface area contributed by atoms with Crippen molar-refractivity contribution in [3.05, 3.63) is 100 Å². The number of ether oxygens (including phenoxy) is 1. The summed E-state index contributed by atoms with van der Waals surface area (Å²) < 4.78 is 21.8. The molecule has 1 aromatic heterocycles. The first-order valence-electron chi connectivity index (χ1n) is 12.0. The lowest BCUT2D eigenvalue weighted by Gasteiger charge is -2.49. The predicted octanol–water partition coefficient (Wildman–Crippen LogP) is 5.28. The molecule has 0 unspecified atom stereocenters. The van der Waals surface area contributed by atoms with Gasteiger partial charge in [0.25, 0.3) is 0 Å². The summed E-state index contributed by atoms with van der Waals surface area (Å²) in [5.41, 5.74) is 4.65. The molecule has 0 radical (unpaired) electrons. The number of carbonyl (C=O) groups is 2. The molecule has 0 saturated heterocycles. The third-order valence-electron chi connectivity index (χ3n) is 8.28. The summed E-state index contributed by atoms with van der Waals surface area (Å²) >= 11 is 0. The normalized spacial score (nSPS) is 25.9. The van der Waals surface area contributed by atoms with Crippen molar-refractivity contribution in [1.29, 1.82) is 0 Å². The lowest BCUT2D eigenvalue weighted by Crippen LogP contribution is -2.52. The number of halogens is 1. The average molecular weight is 467 g/mol. The third kappa shape index (κ3) is 2.69. The summed E-state index contributed by atoms with van der Waals surface area (Å²) in [5, 5.41) is 4.60. The van der Waals surface area contributed by atoms with Gasteiger partial charge < -0.3 is 4.74 Å². The molecule has 3 aliphatic carbocycles. The van der Waals surface area contributed by atoms with Crippen molar-refractivity contribution in [1.82, 2.24) is 9.78 Å². The zero-order valence-corrected chi connectivity index (χ0v) is 19.3. The zero-order valence-electron chi connectivity index (χ0n) is 19.3. The molecular formula is C29H23FN2O3. The topological polar surface area (TPSA) is 61.2 Å².